The number of halogens is 1. The molecule has 0 radical (unpaired) electrons. The van der Waals surface area contributed by atoms with Gasteiger partial charge in [-0.05, 0) is 43.0 Å². The normalized spacial score (nSPS) is 15.3. The maximum absolute atomic E-state index is 12.6. The molecule has 1 fully saturated rings. The van der Waals surface area contributed by atoms with E-state index in [9.17, 15) is 4.79 Å². The third kappa shape index (κ3) is 3.42. The minimum atomic E-state index is -0.0131. The molecular weight excluding hydrogens is 310 g/mol. The van der Waals surface area contributed by atoms with Crippen molar-refractivity contribution in [3.05, 3.63) is 46.7 Å². The van der Waals surface area contributed by atoms with Gasteiger partial charge in [-0.25, -0.2) is 4.68 Å². The van der Waals surface area contributed by atoms with Gasteiger partial charge in [-0.3, -0.25) is 4.79 Å². The first-order chi connectivity index (χ1) is 11.1. The molecule has 1 aromatic heterocycles. The minimum absolute atomic E-state index is 0.0131. The molecule has 1 N–H and O–H groups in total. The van der Waals surface area contributed by atoms with E-state index in [1.54, 1.807) is 6.20 Å². The minimum Gasteiger partial charge on any atom is -0.349 e. The maximum atomic E-state index is 12.6. The van der Waals surface area contributed by atoms with E-state index < -0.39 is 0 Å². The number of hydrogen-bond donors (Lipinski definition) is 1. The van der Waals surface area contributed by atoms with Crippen LogP contribution in [0.4, 0.5) is 0 Å². The summed E-state index contributed by atoms with van der Waals surface area (Å²) in [6.45, 7) is 4.16. The quantitative estimate of drug-likeness (QED) is 0.906. The monoisotopic (exact) mass is 331 g/mol. The molecule has 2 aromatic rings. The van der Waals surface area contributed by atoms with E-state index in [1.807, 2.05) is 28.9 Å². The van der Waals surface area contributed by atoms with Crippen molar-refractivity contribution < 1.29 is 4.79 Å². The van der Waals surface area contributed by atoms with Gasteiger partial charge in [0.05, 0.1) is 23.1 Å². The van der Waals surface area contributed by atoms with E-state index >= 15 is 0 Å². The van der Waals surface area contributed by atoms with Crippen LogP contribution in [0.1, 0.15) is 61.5 Å². The Morgan fingerprint density at radius 1 is 1.26 bits per heavy atom. The first kappa shape index (κ1) is 16.1. The molecular formula is C18H22ClN3O. The molecule has 1 aliphatic rings. The van der Waals surface area contributed by atoms with Crippen molar-refractivity contribution in [1.29, 1.82) is 0 Å². The second kappa shape index (κ2) is 6.75. The smallest absolute Gasteiger partial charge is 0.255 e. The van der Waals surface area contributed by atoms with E-state index in [1.165, 1.54) is 12.8 Å². The Balaban J connectivity index is 1.91. The zero-order chi connectivity index (χ0) is 16.4. The van der Waals surface area contributed by atoms with Crippen molar-refractivity contribution in [2.24, 2.45) is 0 Å². The summed E-state index contributed by atoms with van der Waals surface area (Å²) in [4.78, 5) is 12.6. The molecule has 23 heavy (non-hydrogen) atoms. The standard InChI is InChI=1S/C18H22ClN3O/c1-12(2)17-16(18(23)21-14-5-3-4-6-14)11-20-22(17)15-9-7-13(19)8-10-15/h7-12,14H,3-6H2,1-2H3,(H,21,23). The molecule has 3 rings (SSSR count). The molecule has 0 bridgehead atoms. The number of aromatic nitrogens is 2. The first-order valence-corrected chi connectivity index (χ1v) is 8.59. The van der Waals surface area contributed by atoms with Crippen molar-refractivity contribution in [2.75, 3.05) is 0 Å². The Hall–Kier alpha value is -1.81. The van der Waals surface area contributed by atoms with E-state index in [2.05, 4.69) is 24.3 Å². The Morgan fingerprint density at radius 3 is 2.52 bits per heavy atom. The summed E-state index contributed by atoms with van der Waals surface area (Å²) >= 11 is 5.96. The Labute approximate surface area is 141 Å². The highest BCUT2D eigenvalue weighted by Gasteiger charge is 2.24. The summed E-state index contributed by atoms with van der Waals surface area (Å²) in [6, 6.07) is 7.81. The highest BCUT2D eigenvalue weighted by molar-refractivity contribution is 6.30. The number of rotatable bonds is 4. The molecule has 0 unspecified atom stereocenters. The zero-order valence-electron chi connectivity index (χ0n) is 13.6. The lowest BCUT2D eigenvalue weighted by Gasteiger charge is -2.15. The number of amides is 1. The highest BCUT2D eigenvalue weighted by Crippen LogP contribution is 2.25. The van der Waals surface area contributed by atoms with Crippen LogP contribution in [0.25, 0.3) is 5.69 Å². The van der Waals surface area contributed by atoms with Crippen LogP contribution in [0.3, 0.4) is 0 Å². The van der Waals surface area contributed by atoms with Crippen LogP contribution in [0.15, 0.2) is 30.5 Å². The Morgan fingerprint density at radius 2 is 1.91 bits per heavy atom. The first-order valence-electron chi connectivity index (χ1n) is 8.21. The molecule has 0 aliphatic heterocycles. The van der Waals surface area contributed by atoms with Crippen LogP contribution in [-0.2, 0) is 0 Å². The molecule has 1 heterocycles. The van der Waals surface area contributed by atoms with Crippen molar-refractivity contribution in [1.82, 2.24) is 15.1 Å². The van der Waals surface area contributed by atoms with Crippen LogP contribution < -0.4 is 5.32 Å². The molecule has 1 aliphatic carbocycles. The van der Waals surface area contributed by atoms with Gasteiger partial charge in [-0.2, -0.15) is 5.10 Å². The fourth-order valence-electron chi connectivity index (χ4n) is 3.21. The summed E-state index contributed by atoms with van der Waals surface area (Å²) in [5.74, 6) is 0.179. The van der Waals surface area contributed by atoms with Crippen molar-refractivity contribution in [3.63, 3.8) is 0 Å². The molecule has 1 amide bonds. The molecule has 5 heteroatoms. The number of nitrogens with one attached hydrogen (secondary N) is 1. The molecule has 1 saturated carbocycles. The number of carbonyl (C=O) groups is 1. The lowest BCUT2D eigenvalue weighted by atomic mass is 10.0. The third-order valence-electron chi connectivity index (χ3n) is 4.36. The third-order valence-corrected chi connectivity index (χ3v) is 4.61. The SMILES string of the molecule is CC(C)c1c(C(=O)NC2CCCC2)cnn1-c1ccc(Cl)cc1. The number of nitrogens with zero attached hydrogens (tertiary/aromatic N) is 2. The van der Waals surface area contributed by atoms with Crippen LogP contribution in [0.5, 0.6) is 0 Å². The van der Waals surface area contributed by atoms with Gasteiger partial charge in [0.25, 0.3) is 5.91 Å². The predicted molar refractivity (Wildman–Crippen MR) is 92.4 cm³/mol. The van der Waals surface area contributed by atoms with Gasteiger partial charge < -0.3 is 5.32 Å². The average Bonchev–Trinajstić information content (AvgIpc) is 3.16. The van der Waals surface area contributed by atoms with Gasteiger partial charge >= 0.3 is 0 Å². The van der Waals surface area contributed by atoms with Gasteiger partial charge in [-0.15, -0.1) is 0 Å². The summed E-state index contributed by atoms with van der Waals surface area (Å²) in [5, 5.41) is 8.28. The lowest BCUT2D eigenvalue weighted by molar-refractivity contribution is 0.0936. The fraction of sp³-hybridized carbons (Fsp3) is 0.444. The Bertz CT molecular complexity index is 685. The van der Waals surface area contributed by atoms with Gasteiger partial charge in [0.15, 0.2) is 0 Å². The summed E-state index contributed by atoms with van der Waals surface area (Å²) < 4.78 is 1.84. The van der Waals surface area contributed by atoms with Crippen LogP contribution >= 0.6 is 11.6 Å². The van der Waals surface area contributed by atoms with Crippen molar-refractivity contribution >= 4 is 17.5 Å². The van der Waals surface area contributed by atoms with Gasteiger partial charge in [0, 0.05) is 11.1 Å². The number of hydrogen-bond acceptors (Lipinski definition) is 2. The zero-order valence-corrected chi connectivity index (χ0v) is 14.3. The lowest BCUT2D eigenvalue weighted by Crippen LogP contribution is -2.33. The number of benzene rings is 1. The largest absolute Gasteiger partial charge is 0.349 e. The van der Waals surface area contributed by atoms with Crippen molar-refractivity contribution in [2.45, 2.75) is 51.5 Å². The number of carbonyl (C=O) groups excluding carboxylic acids is 1. The summed E-state index contributed by atoms with van der Waals surface area (Å²) in [7, 11) is 0. The van der Waals surface area contributed by atoms with Crippen LogP contribution in [-0.4, -0.2) is 21.7 Å². The molecule has 0 saturated heterocycles. The molecule has 1 aromatic carbocycles. The summed E-state index contributed by atoms with van der Waals surface area (Å²) in [5.41, 5.74) is 2.52. The fourth-order valence-corrected chi connectivity index (χ4v) is 3.34. The summed E-state index contributed by atoms with van der Waals surface area (Å²) in [6.07, 6.45) is 6.23. The predicted octanol–water partition coefficient (Wildman–Crippen LogP) is 4.32. The molecule has 0 spiro atoms. The van der Waals surface area contributed by atoms with Gasteiger partial charge in [0.2, 0.25) is 0 Å². The van der Waals surface area contributed by atoms with Crippen LogP contribution in [0, 0.1) is 0 Å². The second-order valence-electron chi connectivity index (χ2n) is 6.44. The van der Waals surface area contributed by atoms with Gasteiger partial charge in [0.1, 0.15) is 0 Å². The van der Waals surface area contributed by atoms with E-state index in [-0.39, 0.29) is 11.8 Å². The van der Waals surface area contributed by atoms with Crippen LogP contribution in [0.2, 0.25) is 5.02 Å². The highest BCUT2D eigenvalue weighted by atomic mass is 35.5. The molecule has 122 valence electrons. The topological polar surface area (TPSA) is 46.9 Å². The molecule has 0 atom stereocenters. The average molecular weight is 332 g/mol. The second-order valence-corrected chi connectivity index (χ2v) is 6.88. The van der Waals surface area contributed by atoms with E-state index in [4.69, 9.17) is 11.6 Å². The Kier molecular flexibility index (Phi) is 4.71. The maximum Gasteiger partial charge on any atom is 0.255 e. The van der Waals surface area contributed by atoms with Gasteiger partial charge in [-0.1, -0.05) is 38.3 Å². The van der Waals surface area contributed by atoms with E-state index in [0.29, 0.717) is 16.6 Å². The van der Waals surface area contributed by atoms with E-state index in [0.717, 1.165) is 24.2 Å². The van der Waals surface area contributed by atoms with Crippen molar-refractivity contribution in [3.8, 4) is 5.69 Å². The molecule has 4 nitrogen and oxygen atoms in total.